The highest BCUT2D eigenvalue weighted by Gasteiger charge is 2.59. The second-order valence-corrected chi connectivity index (χ2v) is 12.8. The van der Waals surface area contributed by atoms with Crippen molar-refractivity contribution in [2.45, 2.75) is 112 Å². The molecule has 0 N–H and O–H groups in total. The first kappa shape index (κ1) is 24.8. The minimum atomic E-state index is -0.255. The zero-order valence-electron chi connectivity index (χ0n) is 22.0. The number of fused-ring (bicyclic) bond motifs is 4. The van der Waals surface area contributed by atoms with Gasteiger partial charge in [-0.2, -0.15) is 0 Å². The van der Waals surface area contributed by atoms with Crippen molar-refractivity contribution < 1.29 is 19.1 Å². The first-order chi connectivity index (χ1) is 15.5. The van der Waals surface area contributed by atoms with E-state index >= 15 is 0 Å². The summed E-state index contributed by atoms with van der Waals surface area (Å²) in [4.78, 5) is 24.7. The van der Waals surface area contributed by atoms with E-state index in [1.54, 1.807) is 0 Å². The van der Waals surface area contributed by atoms with E-state index in [0.717, 1.165) is 43.3 Å². The Labute approximate surface area is 201 Å². The molecular weight excluding hydrogens is 412 g/mol. The number of hydrogen-bond donors (Lipinski definition) is 0. The number of rotatable bonds is 6. The lowest BCUT2D eigenvalue weighted by Crippen LogP contribution is -2.50. The molecule has 2 fully saturated rings. The Morgan fingerprint density at radius 2 is 1.79 bits per heavy atom. The van der Waals surface area contributed by atoms with Crippen LogP contribution in [0.25, 0.3) is 0 Å². The Kier molecular flexibility index (Phi) is 6.79. The molecule has 2 saturated carbocycles. The van der Waals surface area contributed by atoms with Gasteiger partial charge in [0, 0.05) is 18.3 Å². The molecule has 33 heavy (non-hydrogen) atoms. The number of ether oxygens (including phenoxy) is 2. The van der Waals surface area contributed by atoms with Crippen LogP contribution in [0.5, 0.6) is 0 Å². The normalized spacial score (nSPS) is 39.9. The summed E-state index contributed by atoms with van der Waals surface area (Å²) >= 11 is 0. The summed E-state index contributed by atoms with van der Waals surface area (Å²) in [5, 5.41) is 0. The van der Waals surface area contributed by atoms with Gasteiger partial charge in [-0.3, -0.25) is 9.59 Å². The van der Waals surface area contributed by atoms with E-state index in [0.29, 0.717) is 24.2 Å². The highest BCUT2D eigenvalue weighted by atomic mass is 16.5. The van der Waals surface area contributed by atoms with Crippen molar-refractivity contribution in [3.8, 4) is 0 Å². The van der Waals surface area contributed by atoms with Gasteiger partial charge in [-0.25, -0.2) is 0 Å². The van der Waals surface area contributed by atoms with E-state index in [2.05, 4.69) is 41.5 Å². The topological polar surface area (TPSA) is 52.6 Å². The van der Waals surface area contributed by atoms with Gasteiger partial charge >= 0.3 is 11.9 Å². The number of carbonyl (C=O) groups excluding carboxylic acids is 2. The van der Waals surface area contributed by atoms with Crippen LogP contribution in [0.4, 0.5) is 0 Å². The van der Waals surface area contributed by atoms with Crippen LogP contribution in [0.1, 0.15) is 106 Å². The molecule has 4 nitrogen and oxygen atoms in total. The van der Waals surface area contributed by atoms with E-state index in [4.69, 9.17) is 9.47 Å². The second-order valence-electron chi connectivity index (χ2n) is 12.8. The molecule has 4 heteroatoms. The SMILES string of the molecule is CC(=O)O[C@H]1CC[C@]2(C)C3=C(OC(=O)[C@H]2C1)[C@@H]1CC[C@H]([C@H](C)CCC(C)C(C)C)[C@@]1(C)CC3. The van der Waals surface area contributed by atoms with Crippen LogP contribution in [0.2, 0.25) is 0 Å². The van der Waals surface area contributed by atoms with Crippen LogP contribution < -0.4 is 0 Å². The number of esters is 2. The molecular formula is C29H46O4. The fourth-order valence-electron chi connectivity index (χ4n) is 7.99. The lowest BCUT2D eigenvalue weighted by Gasteiger charge is -2.53. The number of hydrogen-bond acceptors (Lipinski definition) is 4. The maximum Gasteiger partial charge on any atom is 0.315 e. The largest absolute Gasteiger partial charge is 0.463 e. The quantitative estimate of drug-likeness (QED) is 0.399. The van der Waals surface area contributed by atoms with Gasteiger partial charge in [0.15, 0.2) is 0 Å². The van der Waals surface area contributed by atoms with E-state index in [9.17, 15) is 9.59 Å². The predicted molar refractivity (Wildman–Crippen MR) is 130 cm³/mol. The van der Waals surface area contributed by atoms with Gasteiger partial charge in [-0.05, 0) is 79.6 Å². The van der Waals surface area contributed by atoms with E-state index in [-0.39, 0.29) is 34.8 Å². The zero-order valence-corrected chi connectivity index (χ0v) is 22.0. The van der Waals surface area contributed by atoms with E-state index < -0.39 is 0 Å². The summed E-state index contributed by atoms with van der Waals surface area (Å²) in [6.45, 7) is 15.8. The first-order valence-electron chi connectivity index (χ1n) is 13.6. The lowest BCUT2D eigenvalue weighted by atomic mass is 9.54. The van der Waals surface area contributed by atoms with Crippen molar-refractivity contribution in [1.29, 1.82) is 0 Å². The fraction of sp³-hybridized carbons (Fsp3) is 0.862. The smallest absolute Gasteiger partial charge is 0.315 e. The summed E-state index contributed by atoms with van der Waals surface area (Å²) in [6.07, 6.45) is 9.44. The Balaban J connectivity index is 1.53. The van der Waals surface area contributed by atoms with Gasteiger partial charge in [0.25, 0.3) is 0 Å². The van der Waals surface area contributed by atoms with Gasteiger partial charge in [-0.15, -0.1) is 0 Å². The summed E-state index contributed by atoms with van der Waals surface area (Å²) in [5.41, 5.74) is 1.51. The number of carbonyl (C=O) groups is 2. The molecule has 0 aromatic carbocycles. The van der Waals surface area contributed by atoms with Gasteiger partial charge in [0.1, 0.15) is 11.9 Å². The molecule has 0 saturated heterocycles. The second kappa shape index (κ2) is 9.04. The Hall–Kier alpha value is -1.32. The Morgan fingerprint density at radius 3 is 2.45 bits per heavy atom. The van der Waals surface area contributed by atoms with Crippen molar-refractivity contribution in [2.75, 3.05) is 0 Å². The van der Waals surface area contributed by atoms with Crippen LogP contribution in [0.15, 0.2) is 11.3 Å². The van der Waals surface area contributed by atoms with Crippen LogP contribution in [-0.4, -0.2) is 18.0 Å². The lowest BCUT2D eigenvalue weighted by molar-refractivity contribution is -0.165. The Bertz CT molecular complexity index is 812. The molecule has 0 aromatic rings. The molecule has 0 spiro atoms. The first-order valence-corrected chi connectivity index (χ1v) is 13.6. The summed E-state index contributed by atoms with van der Waals surface area (Å²) < 4.78 is 11.7. The molecule has 4 rings (SSSR count). The maximum absolute atomic E-state index is 13.3. The molecule has 4 aliphatic rings. The highest BCUT2D eigenvalue weighted by molar-refractivity contribution is 5.78. The maximum atomic E-state index is 13.3. The average molecular weight is 459 g/mol. The molecule has 1 unspecified atom stereocenters. The minimum absolute atomic E-state index is 0.0837. The molecule has 1 aliphatic heterocycles. The van der Waals surface area contributed by atoms with Gasteiger partial charge in [0.05, 0.1) is 5.92 Å². The van der Waals surface area contributed by atoms with Crippen molar-refractivity contribution in [3.05, 3.63) is 11.3 Å². The fourth-order valence-corrected chi connectivity index (χ4v) is 7.99. The predicted octanol–water partition coefficient (Wildman–Crippen LogP) is 7.07. The molecule has 0 aromatic heterocycles. The molecule has 3 aliphatic carbocycles. The average Bonchev–Trinajstić information content (AvgIpc) is 3.10. The van der Waals surface area contributed by atoms with Gasteiger partial charge < -0.3 is 9.47 Å². The van der Waals surface area contributed by atoms with Crippen molar-refractivity contribution in [3.63, 3.8) is 0 Å². The molecule has 1 heterocycles. The summed E-state index contributed by atoms with van der Waals surface area (Å²) in [7, 11) is 0. The van der Waals surface area contributed by atoms with Crippen LogP contribution >= 0.6 is 0 Å². The van der Waals surface area contributed by atoms with Crippen molar-refractivity contribution in [2.24, 2.45) is 46.3 Å². The third kappa shape index (κ3) is 4.29. The van der Waals surface area contributed by atoms with Gasteiger partial charge in [0.2, 0.25) is 0 Å². The molecule has 0 radical (unpaired) electrons. The van der Waals surface area contributed by atoms with Crippen LogP contribution in [0.3, 0.4) is 0 Å². The monoisotopic (exact) mass is 458 g/mol. The highest BCUT2D eigenvalue weighted by Crippen LogP contribution is 2.65. The standard InChI is InChI=1S/C29H46O4/c1-17(2)18(3)8-9-19(4)22-10-11-23-26-24(13-15-28(22,23)6)29(7)14-12-21(32-20(5)30)16-25(29)27(31)33-26/h17-19,21-23,25H,8-16H2,1-7H3/t18?,19-,21+,22-,23+,25-,28-,29-/m1/s1. The minimum Gasteiger partial charge on any atom is -0.463 e. The van der Waals surface area contributed by atoms with Crippen LogP contribution in [0, 0.1) is 46.3 Å². The van der Waals surface area contributed by atoms with E-state index in [1.165, 1.54) is 38.2 Å². The third-order valence-electron chi connectivity index (χ3n) is 10.6. The molecule has 0 bridgehead atoms. The van der Waals surface area contributed by atoms with E-state index in [1.807, 2.05) is 0 Å². The van der Waals surface area contributed by atoms with Crippen molar-refractivity contribution >= 4 is 11.9 Å². The van der Waals surface area contributed by atoms with Crippen molar-refractivity contribution in [1.82, 2.24) is 0 Å². The number of allylic oxidation sites excluding steroid dienone is 2. The third-order valence-corrected chi connectivity index (χ3v) is 10.6. The molecule has 186 valence electrons. The summed E-state index contributed by atoms with van der Waals surface area (Å²) in [5.74, 6) is 3.84. The van der Waals surface area contributed by atoms with Crippen LogP contribution in [-0.2, 0) is 19.1 Å². The Morgan fingerprint density at radius 1 is 1.06 bits per heavy atom. The zero-order chi connectivity index (χ0) is 24.1. The summed E-state index contributed by atoms with van der Waals surface area (Å²) in [6, 6.07) is 0. The molecule has 8 atom stereocenters. The van der Waals surface area contributed by atoms with Gasteiger partial charge in [-0.1, -0.05) is 54.4 Å². The molecule has 0 amide bonds.